The molecule has 0 aliphatic carbocycles. The zero-order valence-corrected chi connectivity index (χ0v) is 16.2. The van der Waals surface area contributed by atoms with Crippen molar-refractivity contribution in [2.45, 2.75) is 6.92 Å². The first-order valence-electron chi connectivity index (χ1n) is 9.09. The Bertz CT molecular complexity index is 1250. The van der Waals surface area contributed by atoms with E-state index < -0.39 is 5.82 Å². The number of carbonyl (C=O) groups excluding carboxylic acids is 1. The van der Waals surface area contributed by atoms with Gasteiger partial charge in [-0.15, -0.1) is 0 Å². The third-order valence-corrected chi connectivity index (χ3v) is 4.42. The van der Waals surface area contributed by atoms with Gasteiger partial charge in [0.2, 0.25) is 5.88 Å². The van der Waals surface area contributed by atoms with E-state index >= 15 is 0 Å². The number of benzene rings is 2. The molecule has 150 valence electrons. The summed E-state index contributed by atoms with van der Waals surface area (Å²) in [6, 6.07) is 12.7. The molecule has 0 spiro atoms. The molecule has 0 aliphatic rings. The van der Waals surface area contributed by atoms with Crippen LogP contribution in [0.2, 0.25) is 0 Å². The zero-order valence-electron chi connectivity index (χ0n) is 16.2. The summed E-state index contributed by atoms with van der Waals surface area (Å²) in [5.74, 6) is 1.02. The topological polar surface area (TPSA) is 86.2 Å². The van der Waals surface area contributed by atoms with E-state index in [0.29, 0.717) is 33.7 Å². The highest BCUT2D eigenvalue weighted by Gasteiger charge is 2.13. The quantitative estimate of drug-likeness (QED) is 0.530. The first-order valence-corrected chi connectivity index (χ1v) is 9.09. The minimum absolute atomic E-state index is 0.241. The number of ether oxygens (including phenoxy) is 2. The first kappa shape index (κ1) is 19.3. The summed E-state index contributed by atoms with van der Waals surface area (Å²) < 4.78 is 25.6. The molecule has 8 heteroatoms. The van der Waals surface area contributed by atoms with E-state index in [2.05, 4.69) is 20.3 Å². The van der Waals surface area contributed by atoms with Crippen LogP contribution in [0.15, 0.2) is 61.1 Å². The number of fused-ring (bicyclic) bond motifs is 1. The van der Waals surface area contributed by atoms with Crippen LogP contribution < -0.4 is 14.8 Å². The molecule has 0 saturated carbocycles. The fourth-order valence-corrected chi connectivity index (χ4v) is 2.86. The van der Waals surface area contributed by atoms with Gasteiger partial charge in [-0.2, -0.15) is 0 Å². The fourth-order valence-electron chi connectivity index (χ4n) is 2.86. The Balaban J connectivity index is 1.65. The Hall–Kier alpha value is -4.07. The van der Waals surface area contributed by atoms with Crippen LogP contribution in [0, 0.1) is 12.7 Å². The fraction of sp³-hybridized carbons (Fsp3) is 0.0909. The third-order valence-electron chi connectivity index (χ3n) is 4.42. The SMILES string of the molecule is CNC(=O)c1cc(Oc2cccc(Oc3ncnc4ccc(F)cc34)c2C)ccn1. The Kier molecular flexibility index (Phi) is 5.21. The van der Waals surface area contributed by atoms with Crippen LogP contribution in [0.5, 0.6) is 23.1 Å². The predicted octanol–water partition coefficient (Wildman–Crippen LogP) is 4.42. The number of hydrogen-bond acceptors (Lipinski definition) is 6. The van der Waals surface area contributed by atoms with Gasteiger partial charge in [0.25, 0.3) is 5.91 Å². The number of aromatic nitrogens is 3. The monoisotopic (exact) mass is 404 g/mol. The molecule has 30 heavy (non-hydrogen) atoms. The lowest BCUT2D eigenvalue weighted by Gasteiger charge is -2.14. The minimum atomic E-state index is -0.402. The van der Waals surface area contributed by atoms with Crippen molar-refractivity contribution < 1.29 is 18.7 Å². The summed E-state index contributed by atoms with van der Waals surface area (Å²) >= 11 is 0. The highest BCUT2D eigenvalue weighted by Crippen LogP contribution is 2.35. The van der Waals surface area contributed by atoms with Crippen LogP contribution in [0.4, 0.5) is 4.39 Å². The van der Waals surface area contributed by atoms with E-state index in [4.69, 9.17) is 9.47 Å². The molecule has 7 nitrogen and oxygen atoms in total. The number of rotatable bonds is 5. The van der Waals surface area contributed by atoms with Gasteiger partial charge in [-0.25, -0.2) is 14.4 Å². The molecular formula is C22H17FN4O3. The van der Waals surface area contributed by atoms with Crippen molar-refractivity contribution in [2.24, 2.45) is 0 Å². The highest BCUT2D eigenvalue weighted by molar-refractivity contribution is 5.92. The van der Waals surface area contributed by atoms with Gasteiger partial charge < -0.3 is 14.8 Å². The van der Waals surface area contributed by atoms with Crippen molar-refractivity contribution in [3.63, 3.8) is 0 Å². The molecule has 0 saturated heterocycles. The average molecular weight is 404 g/mol. The van der Waals surface area contributed by atoms with E-state index in [9.17, 15) is 9.18 Å². The molecule has 4 aromatic rings. The van der Waals surface area contributed by atoms with Crippen molar-refractivity contribution in [2.75, 3.05) is 7.05 Å². The first-order chi connectivity index (χ1) is 14.5. The number of pyridine rings is 1. The lowest BCUT2D eigenvalue weighted by atomic mass is 10.2. The lowest BCUT2D eigenvalue weighted by molar-refractivity contribution is 0.0958. The lowest BCUT2D eigenvalue weighted by Crippen LogP contribution is -2.18. The molecule has 0 radical (unpaired) electrons. The van der Waals surface area contributed by atoms with Crippen LogP contribution in [0.1, 0.15) is 16.1 Å². The molecule has 0 fully saturated rings. The largest absolute Gasteiger partial charge is 0.457 e. The molecule has 4 rings (SSSR count). The Morgan fingerprint density at radius 1 is 1.00 bits per heavy atom. The second kappa shape index (κ2) is 8.12. The summed E-state index contributed by atoms with van der Waals surface area (Å²) in [5, 5.41) is 2.99. The van der Waals surface area contributed by atoms with Gasteiger partial charge >= 0.3 is 0 Å². The van der Waals surface area contributed by atoms with Crippen molar-refractivity contribution >= 4 is 16.8 Å². The van der Waals surface area contributed by atoms with Crippen molar-refractivity contribution in [1.82, 2.24) is 20.3 Å². The molecule has 0 atom stereocenters. The number of amides is 1. The van der Waals surface area contributed by atoms with Gasteiger partial charge in [0.1, 0.15) is 35.1 Å². The average Bonchev–Trinajstić information content (AvgIpc) is 2.76. The van der Waals surface area contributed by atoms with Gasteiger partial charge in [0, 0.05) is 24.9 Å². The number of nitrogens with one attached hydrogen (secondary N) is 1. The van der Waals surface area contributed by atoms with E-state index in [1.807, 2.05) is 6.92 Å². The number of carbonyl (C=O) groups is 1. The summed E-state index contributed by atoms with van der Waals surface area (Å²) in [5.41, 5.74) is 1.53. The van der Waals surface area contributed by atoms with Gasteiger partial charge in [0.15, 0.2) is 0 Å². The molecule has 1 amide bonds. The second-order valence-corrected chi connectivity index (χ2v) is 6.38. The van der Waals surface area contributed by atoms with Gasteiger partial charge in [-0.1, -0.05) is 6.07 Å². The Morgan fingerprint density at radius 2 is 1.80 bits per heavy atom. The van der Waals surface area contributed by atoms with E-state index in [-0.39, 0.29) is 17.5 Å². The standard InChI is InChI=1S/C22H17FN4O3/c1-13-19(29-15-8-9-25-18(11-15)21(28)24-2)4-3-5-20(13)30-22-16-10-14(23)6-7-17(16)26-12-27-22/h3-12H,1-2H3,(H,24,28). The molecule has 2 aromatic carbocycles. The van der Waals surface area contributed by atoms with Gasteiger partial charge in [-0.3, -0.25) is 9.78 Å². The van der Waals surface area contributed by atoms with Crippen molar-refractivity contribution in [1.29, 1.82) is 0 Å². The number of hydrogen-bond donors (Lipinski definition) is 1. The zero-order chi connectivity index (χ0) is 21.1. The minimum Gasteiger partial charge on any atom is -0.457 e. The summed E-state index contributed by atoms with van der Waals surface area (Å²) in [6.07, 6.45) is 2.86. The second-order valence-electron chi connectivity index (χ2n) is 6.38. The summed E-state index contributed by atoms with van der Waals surface area (Å²) in [6.45, 7) is 1.83. The smallest absolute Gasteiger partial charge is 0.269 e. The Morgan fingerprint density at radius 3 is 2.60 bits per heavy atom. The van der Waals surface area contributed by atoms with Crippen LogP contribution in [0.3, 0.4) is 0 Å². The highest BCUT2D eigenvalue weighted by atomic mass is 19.1. The summed E-state index contributed by atoms with van der Waals surface area (Å²) in [4.78, 5) is 24.1. The normalized spacial score (nSPS) is 10.6. The summed E-state index contributed by atoms with van der Waals surface area (Å²) in [7, 11) is 1.53. The maximum absolute atomic E-state index is 13.7. The van der Waals surface area contributed by atoms with Crippen molar-refractivity contribution in [3.05, 3.63) is 78.1 Å². The maximum Gasteiger partial charge on any atom is 0.269 e. The Labute approximate surface area is 171 Å². The van der Waals surface area contributed by atoms with Gasteiger partial charge in [-0.05, 0) is 43.3 Å². The molecular weight excluding hydrogens is 387 g/mol. The van der Waals surface area contributed by atoms with E-state index in [1.165, 1.54) is 31.7 Å². The number of nitrogens with zero attached hydrogens (tertiary/aromatic N) is 3. The van der Waals surface area contributed by atoms with Crippen molar-refractivity contribution in [3.8, 4) is 23.1 Å². The number of halogens is 1. The molecule has 0 aliphatic heterocycles. The van der Waals surface area contributed by atoms with Crippen LogP contribution in [-0.4, -0.2) is 27.9 Å². The molecule has 0 bridgehead atoms. The molecule has 1 N–H and O–H groups in total. The van der Waals surface area contributed by atoms with Crippen LogP contribution in [-0.2, 0) is 0 Å². The van der Waals surface area contributed by atoms with Crippen LogP contribution >= 0.6 is 0 Å². The third kappa shape index (κ3) is 3.88. The maximum atomic E-state index is 13.7. The van der Waals surface area contributed by atoms with E-state index in [0.717, 1.165) is 0 Å². The molecule has 0 unspecified atom stereocenters. The van der Waals surface area contributed by atoms with Crippen LogP contribution in [0.25, 0.3) is 10.9 Å². The predicted molar refractivity (Wildman–Crippen MR) is 108 cm³/mol. The molecule has 2 heterocycles. The molecule has 2 aromatic heterocycles. The van der Waals surface area contributed by atoms with E-state index in [1.54, 1.807) is 36.4 Å². The van der Waals surface area contributed by atoms with Gasteiger partial charge in [0.05, 0.1) is 10.9 Å².